The number of carbonyl (C=O) groups is 2. The Morgan fingerprint density at radius 3 is 2.69 bits per heavy atom. The minimum atomic E-state index is -0.932. The normalized spacial score (nSPS) is 22.7. The van der Waals surface area contributed by atoms with Gasteiger partial charge in [-0.3, -0.25) is 9.59 Å². The van der Waals surface area contributed by atoms with Crippen LogP contribution in [0.3, 0.4) is 0 Å². The van der Waals surface area contributed by atoms with Crippen molar-refractivity contribution < 1.29 is 9.59 Å². The van der Waals surface area contributed by atoms with E-state index in [-0.39, 0.29) is 23.8 Å². The van der Waals surface area contributed by atoms with Gasteiger partial charge in [-0.1, -0.05) is 56.5 Å². The molecular formula is C26H31N3O2S. The van der Waals surface area contributed by atoms with Crippen molar-refractivity contribution in [3.63, 3.8) is 0 Å². The number of hydrogen-bond acceptors (Lipinski definition) is 3. The first-order chi connectivity index (χ1) is 15.5. The van der Waals surface area contributed by atoms with Gasteiger partial charge in [0.05, 0.1) is 16.8 Å². The predicted octanol–water partition coefficient (Wildman–Crippen LogP) is 5.17. The third-order valence-corrected chi connectivity index (χ3v) is 8.16. The summed E-state index contributed by atoms with van der Waals surface area (Å²) in [5.41, 5.74) is 1.98. The molecule has 6 heteroatoms. The van der Waals surface area contributed by atoms with Crippen molar-refractivity contribution in [3.05, 3.63) is 59.1 Å². The van der Waals surface area contributed by atoms with Crippen LogP contribution in [0.15, 0.2) is 47.8 Å². The van der Waals surface area contributed by atoms with E-state index < -0.39 is 5.54 Å². The molecule has 0 radical (unpaired) electrons. The molecule has 2 atom stereocenters. The summed E-state index contributed by atoms with van der Waals surface area (Å²) in [5, 5.41) is 5.36. The third kappa shape index (κ3) is 3.64. The van der Waals surface area contributed by atoms with Crippen LogP contribution in [0.1, 0.15) is 67.9 Å². The van der Waals surface area contributed by atoms with E-state index in [1.54, 1.807) is 11.3 Å². The summed E-state index contributed by atoms with van der Waals surface area (Å²) in [7, 11) is 0. The van der Waals surface area contributed by atoms with Crippen LogP contribution in [0.2, 0.25) is 0 Å². The lowest BCUT2D eigenvalue weighted by molar-refractivity contribution is -0.133. The molecule has 2 aliphatic rings. The number of nitrogens with zero attached hydrogens (tertiary/aromatic N) is 2. The van der Waals surface area contributed by atoms with Crippen LogP contribution in [0, 0.1) is 0 Å². The molecule has 1 aliphatic carbocycles. The fourth-order valence-corrected chi connectivity index (χ4v) is 6.13. The maximum absolute atomic E-state index is 13.8. The Hall–Kier alpha value is -2.60. The molecule has 168 valence electrons. The number of rotatable bonds is 5. The van der Waals surface area contributed by atoms with Gasteiger partial charge in [0.1, 0.15) is 11.2 Å². The Morgan fingerprint density at radius 2 is 1.94 bits per heavy atom. The van der Waals surface area contributed by atoms with Crippen molar-refractivity contribution in [1.82, 2.24) is 14.8 Å². The molecule has 0 spiro atoms. The molecule has 1 saturated carbocycles. The number of fused-ring (bicyclic) bond motifs is 3. The molecule has 5 rings (SSSR count). The molecule has 0 bridgehead atoms. The van der Waals surface area contributed by atoms with Crippen LogP contribution in [-0.2, 0) is 11.3 Å². The smallest absolute Gasteiger partial charge is 0.271 e. The number of carbonyl (C=O) groups excluding carboxylic acids is 2. The minimum absolute atomic E-state index is 0.0271. The Kier molecular flexibility index (Phi) is 5.58. The fourth-order valence-electron chi connectivity index (χ4n) is 5.31. The van der Waals surface area contributed by atoms with Crippen molar-refractivity contribution in [3.8, 4) is 0 Å². The average molecular weight is 450 g/mol. The zero-order valence-corrected chi connectivity index (χ0v) is 19.7. The average Bonchev–Trinajstić information content (AvgIpc) is 3.40. The molecule has 3 heterocycles. The zero-order chi connectivity index (χ0) is 22.3. The largest absolute Gasteiger partial charge is 0.351 e. The minimum Gasteiger partial charge on any atom is -0.351 e. The molecule has 32 heavy (non-hydrogen) atoms. The highest BCUT2D eigenvalue weighted by Gasteiger charge is 2.48. The summed E-state index contributed by atoms with van der Waals surface area (Å²) in [6.45, 7) is 5.07. The van der Waals surface area contributed by atoms with E-state index in [9.17, 15) is 9.59 Å². The van der Waals surface area contributed by atoms with Crippen molar-refractivity contribution in [2.45, 2.75) is 70.0 Å². The second-order valence-corrected chi connectivity index (χ2v) is 10.5. The van der Waals surface area contributed by atoms with Crippen LogP contribution in [0.4, 0.5) is 0 Å². The quantitative estimate of drug-likeness (QED) is 0.584. The number of aromatic nitrogens is 1. The van der Waals surface area contributed by atoms with E-state index in [4.69, 9.17) is 0 Å². The standard InChI is InChI=1S/C26H31N3O2S/c1-18(19-9-5-3-6-10-19)16-29-24(30)22-15-23-21(13-14-32-23)28(22)17-26(29,2)25(31)27-20-11-7-4-8-12-20/h3,5-6,9-10,13-15,18,20H,4,7-8,11-12,16-17H2,1-2H3,(H,27,31)/t18-,26-/m1/s1. The van der Waals surface area contributed by atoms with Gasteiger partial charge in [-0.25, -0.2) is 0 Å². The van der Waals surface area contributed by atoms with Gasteiger partial charge in [-0.15, -0.1) is 11.3 Å². The first-order valence-electron chi connectivity index (χ1n) is 11.7. The van der Waals surface area contributed by atoms with Crippen LogP contribution in [0.25, 0.3) is 10.2 Å². The van der Waals surface area contributed by atoms with E-state index >= 15 is 0 Å². The van der Waals surface area contributed by atoms with Gasteiger partial charge in [0.2, 0.25) is 5.91 Å². The summed E-state index contributed by atoms with van der Waals surface area (Å²) in [6, 6.07) is 14.5. The number of hydrogen-bond donors (Lipinski definition) is 1. The fraction of sp³-hybridized carbons (Fsp3) is 0.462. The van der Waals surface area contributed by atoms with Crippen LogP contribution in [0.5, 0.6) is 0 Å². The van der Waals surface area contributed by atoms with Gasteiger partial charge in [0.15, 0.2) is 0 Å². The first-order valence-corrected chi connectivity index (χ1v) is 12.6. The molecule has 1 N–H and O–H groups in total. The van der Waals surface area contributed by atoms with Gasteiger partial charge in [-0.05, 0) is 48.8 Å². The molecule has 1 fully saturated rings. The van der Waals surface area contributed by atoms with E-state index in [0.717, 1.165) is 35.9 Å². The molecule has 0 saturated heterocycles. The number of benzene rings is 1. The highest BCUT2D eigenvalue weighted by Crippen LogP contribution is 2.36. The Balaban J connectivity index is 1.50. The Morgan fingerprint density at radius 1 is 1.19 bits per heavy atom. The summed E-state index contributed by atoms with van der Waals surface area (Å²) >= 11 is 1.64. The van der Waals surface area contributed by atoms with Crippen LogP contribution >= 0.6 is 11.3 Å². The topological polar surface area (TPSA) is 54.3 Å². The Bertz CT molecular complexity index is 1130. The lowest BCUT2D eigenvalue weighted by atomic mass is 9.89. The van der Waals surface area contributed by atoms with Gasteiger partial charge in [0, 0.05) is 12.6 Å². The third-order valence-electron chi connectivity index (χ3n) is 7.30. The molecular weight excluding hydrogens is 418 g/mol. The maximum Gasteiger partial charge on any atom is 0.271 e. The molecule has 1 aromatic carbocycles. The van der Waals surface area contributed by atoms with Crippen molar-refractivity contribution in [1.29, 1.82) is 0 Å². The van der Waals surface area contributed by atoms with E-state index in [1.807, 2.05) is 41.5 Å². The van der Waals surface area contributed by atoms with Gasteiger partial charge >= 0.3 is 0 Å². The van der Waals surface area contributed by atoms with Crippen molar-refractivity contribution in [2.24, 2.45) is 0 Å². The maximum atomic E-state index is 13.8. The Labute approximate surface area is 193 Å². The summed E-state index contributed by atoms with van der Waals surface area (Å²) in [6.07, 6.45) is 5.62. The van der Waals surface area contributed by atoms with E-state index in [1.165, 1.54) is 12.0 Å². The molecule has 2 aromatic heterocycles. The van der Waals surface area contributed by atoms with Crippen LogP contribution < -0.4 is 5.32 Å². The summed E-state index contributed by atoms with van der Waals surface area (Å²) in [4.78, 5) is 29.4. The molecule has 2 amide bonds. The van der Waals surface area contributed by atoms with Crippen molar-refractivity contribution in [2.75, 3.05) is 6.54 Å². The number of amides is 2. The monoisotopic (exact) mass is 449 g/mol. The highest BCUT2D eigenvalue weighted by atomic mass is 32.1. The second-order valence-electron chi connectivity index (χ2n) is 9.60. The van der Waals surface area contributed by atoms with Gasteiger partial charge in [0.25, 0.3) is 5.91 Å². The van der Waals surface area contributed by atoms with Crippen molar-refractivity contribution >= 4 is 33.4 Å². The SMILES string of the molecule is C[C@H](CN1C(=O)c2cc3sccc3n2C[C@]1(C)C(=O)NC1CCCCC1)c1ccccc1. The van der Waals surface area contributed by atoms with Gasteiger partial charge in [-0.2, -0.15) is 0 Å². The second kappa shape index (κ2) is 8.39. The predicted molar refractivity (Wildman–Crippen MR) is 129 cm³/mol. The van der Waals surface area contributed by atoms with E-state index in [0.29, 0.717) is 18.8 Å². The molecule has 1 aliphatic heterocycles. The molecule has 5 nitrogen and oxygen atoms in total. The lowest BCUT2D eigenvalue weighted by Crippen LogP contribution is -2.65. The highest BCUT2D eigenvalue weighted by molar-refractivity contribution is 7.17. The number of nitrogens with one attached hydrogen (secondary N) is 1. The van der Waals surface area contributed by atoms with Gasteiger partial charge < -0.3 is 14.8 Å². The summed E-state index contributed by atoms with van der Waals surface area (Å²) in [5.74, 6) is 0.0500. The van der Waals surface area contributed by atoms with Crippen LogP contribution in [-0.4, -0.2) is 39.4 Å². The molecule has 0 unspecified atom stereocenters. The zero-order valence-electron chi connectivity index (χ0n) is 18.8. The first kappa shape index (κ1) is 21.3. The number of thiophene rings is 1. The molecule has 3 aromatic rings. The lowest BCUT2D eigenvalue weighted by Gasteiger charge is -2.45. The summed E-state index contributed by atoms with van der Waals surface area (Å²) < 4.78 is 3.15. The van der Waals surface area contributed by atoms with E-state index in [2.05, 4.69) is 35.0 Å².